The average molecular weight is 316 g/mol. The predicted octanol–water partition coefficient (Wildman–Crippen LogP) is 2.27. The zero-order valence-corrected chi connectivity index (χ0v) is 12.6. The molecule has 0 bridgehead atoms. The molecule has 0 aliphatic heterocycles. The van der Waals surface area contributed by atoms with E-state index in [4.69, 9.17) is 4.74 Å². The van der Waals surface area contributed by atoms with Gasteiger partial charge in [0.2, 0.25) is 0 Å². The van der Waals surface area contributed by atoms with E-state index in [1.807, 2.05) is 0 Å². The number of anilines is 1. The second-order valence-corrected chi connectivity index (χ2v) is 4.81. The highest BCUT2D eigenvalue weighted by Gasteiger charge is 2.17. The molecule has 0 fully saturated rings. The molecule has 0 heterocycles. The quantitative estimate of drug-likeness (QED) is 0.832. The highest BCUT2D eigenvalue weighted by atomic mass is 19.1. The second kappa shape index (κ2) is 8.05. The van der Waals surface area contributed by atoms with Gasteiger partial charge < -0.3 is 15.4 Å². The van der Waals surface area contributed by atoms with Crippen molar-refractivity contribution in [3.05, 3.63) is 66.0 Å². The number of rotatable bonds is 5. The third-order valence-corrected chi connectivity index (χ3v) is 3.19. The molecule has 2 N–H and O–H groups in total. The number of ether oxygens (including phenoxy) is 1. The Kier molecular flexibility index (Phi) is 5.82. The summed E-state index contributed by atoms with van der Waals surface area (Å²) in [5.74, 6) is -1.95. The Morgan fingerprint density at radius 1 is 1.09 bits per heavy atom. The maximum absolute atomic E-state index is 13.2. The van der Waals surface area contributed by atoms with Gasteiger partial charge in [-0.15, -0.1) is 0 Å². The molecule has 2 rings (SSSR count). The number of benzene rings is 2. The lowest BCUT2D eigenvalue weighted by atomic mass is 10.1. The number of halogens is 1. The van der Waals surface area contributed by atoms with E-state index < -0.39 is 23.7 Å². The van der Waals surface area contributed by atoms with Crippen molar-refractivity contribution in [2.45, 2.75) is 6.10 Å². The van der Waals surface area contributed by atoms with Crippen LogP contribution >= 0.6 is 0 Å². The van der Waals surface area contributed by atoms with E-state index in [1.54, 1.807) is 42.5 Å². The Bertz CT molecular complexity index is 677. The second-order valence-electron chi connectivity index (χ2n) is 4.81. The van der Waals surface area contributed by atoms with Crippen LogP contribution in [-0.4, -0.2) is 25.5 Å². The van der Waals surface area contributed by atoms with Crippen LogP contribution in [0.5, 0.6) is 0 Å². The number of hydrogen-bond acceptors (Lipinski definition) is 3. The van der Waals surface area contributed by atoms with Gasteiger partial charge in [0.15, 0.2) is 0 Å². The Hall–Kier alpha value is -2.73. The Morgan fingerprint density at radius 3 is 2.48 bits per heavy atom. The van der Waals surface area contributed by atoms with E-state index in [9.17, 15) is 14.0 Å². The number of para-hydroxylation sites is 1. The van der Waals surface area contributed by atoms with Gasteiger partial charge in [-0.2, -0.15) is 0 Å². The molecule has 6 heteroatoms. The molecule has 1 unspecified atom stereocenters. The Morgan fingerprint density at radius 2 is 1.83 bits per heavy atom. The lowest BCUT2D eigenvalue weighted by Crippen LogP contribution is -2.38. The Balaban J connectivity index is 1.90. The van der Waals surface area contributed by atoms with Crippen molar-refractivity contribution in [2.24, 2.45) is 0 Å². The SMILES string of the molecule is COC(CNC(=O)C(=O)Nc1ccccc1)c1cccc(F)c1. The Labute approximate surface area is 133 Å². The molecule has 0 saturated carbocycles. The molecule has 2 amide bonds. The molecule has 23 heavy (non-hydrogen) atoms. The molecule has 0 spiro atoms. The third kappa shape index (κ3) is 4.89. The van der Waals surface area contributed by atoms with Crippen LogP contribution in [0, 0.1) is 5.82 Å². The topological polar surface area (TPSA) is 67.4 Å². The van der Waals surface area contributed by atoms with E-state index in [0.29, 0.717) is 11.3 Å². The van der Waals surface area contributed by atoms with Crippen LogP contribution in [0.25, 0.3) is 0 Å². The first-order valence-electron chi connectivity index (χ1n) is 7.02. The number of nitrogens with one attached hydrogen (secondary N) is 2. The molecule has 120 valence electrons. The van der Waals surface area contributed by atoms with Gasteiger partial charge in [-0.25, -0.2) is 4.39 Å². The standard InChI is InChI=1S/C17H17FN2O3/c1-23-15(12-6-5-7-13(18)10-12)11-19-16(21)17(22)20-14-8-3-2-4-9-14/h2-10,15H,11H2,1H3,(H,19,21)(H,20,22). The minimum Gasteiger partial charge on any atom is -0.375 e. The third-order valence-electron chi connectivity index (χ3n) is 3.19. The summed E-state index contributed by atoms with van der Waals surface area (Å²) in [5, 5.41) is 4.95. The number of carbonyl (C=O) groups is 2. The van der Waals surface area contributed by atoms with Crippen LogP contribution in [0.1, 0.15) is 11.7 Å². The van der Waals surface area contributed by atoms with Crippen molar-refractivity contribution in [1.29, 1.82) is 0 Å². The van der Waals surface area contributed by atoms with E-state index in [1.165, 1.54) is 19.2 Å². The summed E-state index contributed by atoms with van der Waals surface area (Å²) >= 11 is 0. The summed E-state index contributed by atoms with van der Waals surface area (Å²) in [6, 6.07) is 14.5. The fourth-order valence-corrected chi connectivity index (χ4v) is 2.02. The van der Waals surface area contributed by atoms with Crippen molar-refractivity contribution < 1.29 is 18.7 Å². The molecular weight excluding hydrogens is 299 g/mol. The van der Waals surface area contributed by atoms with Crippen molar-refractivity contribution in [3.63, 3.8) is 0 Å². The number of amides is 2. The summed E-state index contributed by atoms with van der Waals surface area (Å²) in [6.45, 7) is 0.0565. The maximum atomic E-state index is 13.2. The van der Waals surface area contributed by atoms with Crippen LogP contribution in [0.4, 0.5) is 10.1 Å². The lowest BCUT2D eigenvalue weighted by Gasteiger charge is -2.16. The largest absolute Gasteiger partial charge is 0.375 e. The fourth-order valence-electron chi connectivity index (χ4n) is 2.02. The van der Waals surface area contributed by atoms with Crippen LogP contribution < -0.4 is 10.6 Å². The van der Waals surface area contributed by atoms with Gasteiger partial charge >= 0.3 is 11.8 Å². The monoisotopic (exact) mass is 316 g/mol. The first-order valence-corrected chi connectivity index (χ1v) is 7.02. The van der Waals surface area contributed by atoms with Crippen molar-refractivity contribution in [3.8, 4) is 0 Å². The lowest BCUT2D eigenvalue weighted by molar-refractivity contribution is -0.136. The first kappa shape index (κ1) is 16.6. The molecule has 5 nitrogen and oxygen atoms in total. The first-order chi connectivity index (χ1) is 11.1. The minimum atomic E-state index is -0.785. The van der Waals surface area contributed by atoms with E-state index in [2.05, 4.69) is 10.6 Å². The molecule has 2 aromatic carbocycles. The molecule has 0 radical (unpaired) electrons. The molecule has 0 saturated heterocycles. The summed E-state index contributed by atoms with van der Waals surface area (Å²) in [6.07, 6.45) is -0.542. The number of methoxy groups -OCH3 is 1. The molecule has 0 aromatic heterocycles. The molecule has 0 aliphatic rings. The van der Waals surface area contributed by atoms with Gasteiger partial charge in [0.25, 0.3) is 0 Å². The predicted molar refractivity (Wildman–Crippen MR) is 84.2 cm³/mol. The van der Waals surface area contributed by atoms with Gasteiger partial charge in [-0.05, 0) is 29.8 Å². The normalized spacial score (nSPS) is 11.6. The fraction of sp³-hybridized carbons (Fsp3) is 0.176. The molecular formula is C17H17FN2O3. The van der Waals surface area contributed by atoms with Gasteiger partial charge in [0, 0.05) is 19.3 Å². The van der Waals surface area contributed by atoms with Gasteiger partial charge in [-0.1, -0.05) is 30.3 Å². The smallest absolute Gasteiger partial charge is 0.313 e. The van der Waals surface area contributed by atoms with Crippen LogP contribution in [0.15, 0.2) is 54.6 Å². The van der Waals surface area contributed by atoms with Crippen LogP contribution in [0.2, 0.25) is 0 Å². The van der Waals surface area contributed by atoms with Crippen molar-refractivity contribution in [1.82, 2.24) is 5.32 Å². The highest BCUT2D eigenvalue weighted by Crippen LogP contribution is 2.16. The molecule has 2 aromatic rings. The van der Waals surface area contributed by atoms with Crippen LogP contribution in [-0.2, 0) is 14.3 Å². The van der Waals surface area contributed by atoms with Crippen molar-refractivity contribution >= 4 is 17.5 Å². The summed E-state index contributed by atoms with van der Waals surface area (Å²) in [4.78, 5) is 23.6. The van der Waals surface area contributed by atoms with E-state index in [-0.39, 0.29) is 6.54 Å². The van der Waals surface area contributed by atoms with Crippen LogP contribution in [0.3, 0.4) is 0 Å². The van der Waals surface area contributed by atoms with Gasteiger partial charge in [0.05, 0.1) is 6.10 Å². The summed E-state index contributed by atoms with van der Waals surface area (Å²) in [5.41, 5.74) is 1.11. The van der Waals surface area contributed by atoms with E-state index in [0.717, 1.165) is 0 Å². The summed E-state index contributed by atoms with van der Waals surface area (Å²) in [7, 11) is 1.45. The minimum absolute atomic E-state index is 0.0565. The van der Waals surface area contributed by atoms with Gasteiger partial charge in [0.1, 0.15) is 5.82 Å². The highest BCUT2D eigenvalue weighted by molar-refractivity contribution is 6.39. The zero-order chi connectivity index (χ0) is 16.7. The number of carbonyl (C=O) groups excluding carboxylic acids is 2. The molecule has 0 aliphatic carbocycles. The van der Waals surface area contributed by atoms with E-state index >= 15 is 0 Å². The number of hydrogen-bond donors (Lipinski definition) is 2. The average Bonchev–Trinajstić information content (AvgIpc) is 2.56. The maximum Gasteiger partial charge on any atom is 0.313 e. The van der Waals surface area contributed by atoms with Crippen molar-refractivity contribution in [2.75, 3.05) is 19.0 Å². The molecule has 1 atom stereocenters. The van der Waals surface area contributed by atoms with Gasteiger partial charge in [-0.3, -0.25) is 9.59 Å². The summed E-state index contributed by atoms with van der Waals surface area (Å²) < 4.78 is 18.5. The zero-order valence-electron chi connectivity index (χ0n) is 12.6.